The van der Waals surface area contributed by atoms with E-state index in [2.05, 4.69) is 92.0 Å². The van der Waals surface area contributed by atoms with Crippen LogP contribution in [0.3, 0.4) is 0 Å². The maximum absolute atomic E-state index is 4.63. The summed E-state index contributed by atoms with van der Waals surface area (Å²) in [4.78, 5) is 18.7. The SMILES string of the molecule is C1=Cc2cc3ccc(cc4nc(cc5ccc(cc1n2)[nH]5)C=C4)[nH]3.[Zn][c]1cccc2c1Nc1ccccc1S2. The number of nitrogens with zero attached hydrogens (tertiary/aromatic N) is 2. The Kier molecular flexibility index (Phi) is 6.24. The third kappa shape index (κ3) is 5.24. The van der Waals surface area contributed by atoms with Crippen LogP contribution in [0.25, 0.3) is 46.4 Å². The normalized spacial score (nSPS) is 12.7. The van der Waals surface area contributed by atoms with Crippen molar-refractivity contribution in [1.29, 1.82) is 0 Å². The van der Waals surface area contributed by atoms with E-state index < -0.39 is 0 Å². The number of hydrogen-bond donors (Lipinski definition) is 3. The molecule has 0 unspecified atom stereocenters. The van der Waals surface area contributed by atoms with Crippen molar-refractivity contribution in [2.45, 2.75) is 9.79 Å². The van der Waals surface area contributed by atoms with Crippen LogP contribution in [-0.4, -0.2) is 19.9 Å². The van der Waals surface area contributed by atoms with Crippen LogP contribution in [-0.2, 0) is 18.3 Å². The van der Waals surface area contributed by atoms with Crippen LogP contribution in [0, 0.1) is 0 Å². The van der Waals surface area contributed by atoms with Crippen molar-refractivity contribution in [1.82, 2.24) is 19.9 Å². The quantitative estimate of drug-likeness (QED) is 0.162. The second-order valence-electron chi connectivity index (χ2n) is 9.42. The van der Waals surface area contributed by atoms with E-state index in [1.807, 2.05) is 60.3 Å². The van der Waals surface area contributed by atoms with E-state index in [1.54, 1.807) is 0 Å². The second-order valence-corrected chi connectivity index (χ2v) is 12.1. The summed E-state index contributed by atoms with van der Waals surface area (Å²) < 4.78 is 1.43. The van der Waals surface area contributed by atoms with Gasteiger partial charge in [-0.25, -0.2) is 9.97 Å². The summed E-state index contributed by atoms with van der Waals surface area (Å²) in [7, 11) is 0. The molecule has 2 aromatic carbocycles. The van der Waals surface area contributed by atoms with Crippen molar-refractivity contribution < 1.29 is 18.3 Å². The Hall–Kier alpha value is -4.19. The van der Waals surface area contributed by atoms with E-state index in [4.69, 9.17) is 0 Å². The van der Waals surface area contributed by atoms with Gasteiger partial charge in [0.2, 0.25) is 0 Å². The van der Waals surface area contributed by atoms with Crippen LogP contribution < -0.4 is 9.47 Å². The summed E-state index contributed by atoms with van der Waals surface area (Å²) in [5.41, 5.74) is 10.4. The standard InChI is InChI=1S/C20H14N4.C12H8NS.Zn/c1-2-14-10-16-5-6-18(23-16)12-20-8-7-19(24-20)11-17-4-3-15(22-17)9-13(1)21-14;1-3-7-11-9(5-1)13-10-6-2-4-8-12(10)14-11;/h1-12,21,24H;1-5,7-8,13H;. The summed E-state index contributed by atoms with van der Waals surface area (Å²) in [6.45, 7) is 0. The molecule has 0 saturated carbocycles. The van der Waals surface area contributed by atoms with Crippen molar-refractivity contribution in [3.8, 4) is 0 Å². The molecule has 0 saturated heterocycles. The molecule has 6 heterocycles. The number of para-hydroxylation sites is 2. The fraction of sp³-hybridized carbons (Fsp3) is 0. The molecular weight excluding hydrogens is 552 g/mol. The van der Waals surface area contributed by atoms with Gasteiger partial charge in [-0.3, -0.25) is 0 Å². The Labute approximate surface area is 239 Å². The first-order valence-corrected chi connectivity index (χ1v) is 15.0. The van der Waals surface area contributed by atoms with Crippen molar-refractivity contribution in [2.75, 3.05) is 5.32 Å². The van der Waals surface area contributed by atoms with Crippen molar-refractivity contribution in [3.63, 3.8) is 0 Å². The van der Waals surface area contributed by atoms with Crippen molar-refractivity contribution >= 4 is 73.7 Å². The van der Waals surface area contributed by atoms with Crippen molar-refractivity contribution in [2.24, 2.45) is 0 Å². The Balaban J connectivity index is 0.000000145. The van der Waals surface area contributed by atoms with Gasteiger partial charge in [0.25, 0.3) is 0 Å². The fourth-order valence-corrected chi connectivity index (χ4v) is 6.84. The molecular formula is C32H22N5SZn. The molecule has 0 atom stereocenters. The summed E-state index contributed by atoms with van der Waals surface area (Å²) in [5, 5.41) is 3.52. The molecule has 0 aliphatic carbocycles. The second kappa shape index (κ2) is 10.2. The van der Waals surface area contributed by atoms with E-state index in [0.29, 0.717) is 0 Å². The molecule has 8 bridgehead atoms. The van der Waals surface area contributed by atoms with Crippen LogP contribution in [0.2, 0.25) is 0 Å². The summed E-state index contributed by atoms with van der Waals surface area (Å²) in [6.07, 6.45) is 8.09. The molecule has 3 aliphatic rings. The van der Waals surface area contributed by atoms with Crippen molar-refractivity contribution in [3.05, 3.63) is 114 Å². The van der Waals surface area contributed by atoms with E-state index in [-0.39, 0.29) is 0 Å². The van der Waals surface area contributed by atoms with Gasteiger partial charge in [0.05, 0.1) is 22.8 Å². The number of aromatic amines is 2. The number of aromatic nitrogens is 4. The number of fused-ring (bicyclic) bond motifs is 10. The van der Waals surface area contributed by atoms with E-state index in [0.717, 1.165) is 44.8 Å². The Morgan fingerprint density at radius 3 is 1.56 bits per heavy atom. The molecule has 7 heteroatoms. The number of benzene rings is 2. The molecule has 8 rings (SSSR count). The minimum absolute atomic E-state index is 0.939. The molecule has 0 amide bonds. The molecule has 5 nitrogen and oxygen atoms in total. The molecule has 0 fully saturated rings. The Morgan fingerprint density at radius 2 is 1.03 bits per heavy atom. The number of nitrogens with one attached hydrogen (secondary N) is 3. The third-order valence-corrected chi connectivity index (χ3v) is 8.89. The van der Waals surface area contributed by atoms with Gasteiger partial charge in [-0.1, -0.05) is 0 Å². The molecule has 0 spiro atoms. The number of H-pyrrole nitrogens is 2. The fourth-order valence-electron chi connectivity index (χ4n) is 4.66. The molecule has 39 heavy (non-hydrogen) atoms. The average Bonchev–Trinajstić information content (AvgIpc) is 3.75. The van der Waals surface area contributed by atoms with Crippen LogP contribution in [0.4, 0.5) is 11.4 Å². The van der Waals surface area contributed by atoms with Gasteiger partial charge in [0.1, 0.15) is 0 Å². The van der Waals surface area contributed by atoms with Crippen LogP contribution in [0.15, 0.2) is 101 Å². The topological polar surface area (TPSA) is 69.4 Å². The average molecular weight is 574 g/mol. The zero-order chi connectivity index (χ0) is 26.2. The zero-order valence-electron chi connectivity index (χ0n) is 21.0. The third-order valence-electron chi connectivity index (χ3n) is 6.52. The zero-order valence-corrected chi connectivity index (χ0v) is 24.8. The number of anilines is 2. The first-order valence-electron chi connectivity index (χ1n) is 12.7. The first-order chi connectivity index (χ1) is 19.1. The van der Waals surface area contributed by atoms with Crippen LogP contribution >= 0.6 is 11.8 Å². The van der Waals surface area contributed by atoms with E-state index >= 15 is 0 Å². The Morgan fingerprint density at radius 1 is 0.538 bits per heavy atom. The predicted molar refractivity (Wildman–Crippen MR) is 159 cm³/mol. The molecule has 0 radical (unpaired) electrons. The summed E-state index contributed by atoms with van der Waals surface area (Å²) >= 11 is 3.05. The first kappa shape index (κ1) is 23.9. The van der Waals surface area contributed by atoms with Gasteiger partial charge in [-0.2, -0.15) is 0 Å². The van der Waals surface area contributed by atoms with Crippen LogP contribution in [0.1, 0.15) is 22.8 Å². The van der Waals surface area contributed by atoms with Gasteiger partial charge in [-0.15, -0.1) is 0 Å². The van der Waals surface area contributed by atoms with Crippen LogP contribution in [0.5, 0.6) is 0 Å². The van der Waals surface area contributed by atoms with E-state index in [1.165, 1.54) is 43.6 Å². The molecule has 5 aromatic rings. The number of rotatable bonds is 0. The minimum atomic E-state index is 0.939. The monoisotopic (exact) mass is 572 g/mol. The molecule has 3 aromatic heterocycles. The molecule has 3 N–H and O–H groups in total. The maximum atomic E-state index is 4.63. The van der Waals surface area contributed by atoms with Gasteiger partial charge in [0, 0.05) is 22.1 Å². The van der Waals surface area contributed by atoms with Gasteiger partial charge in [-0.05, 0) is 72.8 Å². The summed E-state index contributed by atoms with van der Waals surface area (Å²) in [6, 6.07) is 31.3. The molecule has 183 valence electrons. The number of hydrogen-bond acceptors (Lipinski definition) is 4. The Bertz CT molecular complexity index is 1770. The van der Waals surface area contributed by atoms with Gasteiger partial charge < -0.3 is 9.97 Å². The van der Waals surface area contributed by atoms with E-state index in [9.17, 15) is 0 Å². The van der Waals surface area contributed by atoms with Gasteiger partial charge >= 0.3 is 103 Å². The molecule has 3 aliphatic heterocycles. The summed E-state index contributed by atoms with van der Waals surface area (Å²) in [5.74, 6) is 0. The predicted octanol–water partition coefficient (Wildman–Crippen LogP) is 7.72. The van der Waals surface area contributed by atoms with Gasteiger partial charge in [0.15, 0.2) is 0 Å².